The fourth-order valence-electron chi connectivity index (χ4n) is 1.53. The van der Waals surface area contributed by atoms with Gasteiger partial charge in [-0.2, -0.15) is 11.3 Å². The molecule has 3 nitrogen and oxygen atoms in total. The lowest BCUT2D eigenvalue weighted by atomic mass is 10.1. The molecule has 2 aromatic rings. The number of hydrogen-bond acceptors (Lipinski definition) is 4. The second kappa shape index (κ2) is 4.61. The lowest BCUT2D eigenvalue weighted by molar-refractivity contribution is 0.403. The molecule has 0 bridgehead atoms. The van der Waals surface area contributed by atoms with Gasteiger partial charge >= 0.3 is 0 Å². The summed E-state index contributed by atoms with van der Waals surface area (Å²) in [7, 11) is 0. The van der Waals surface area contributed by atoms with Crippen LogP contribution in [0.15, 0.2) is 33.4 Å². The van der Waals surface area contributed by atoms with E-state index in [1.165, 1.54) is 5.56 Å². The van der Waals surface area contributed by atoms with Gasteiger partial charge in [0.15, 0.2) is 0 Å². The van der Waals surface area contributed by atoms with Crippen molar-refractivity contribution in [1.82, 2.24) is 5.43 Å². The third-order valence-electron chi connectivity index (χ3n) is 2.33. The molecule has 0 aliphatic heterocycles. The minimum Gasteiger partial charge on any atom is -0.465 e. The lowest BCUT2D eigenvalue weighted by Crippen LogP contribution is -2.29. The third kappa shape index (κ3) is 2.47. The van der Waals surface area contributed by atoms with Crippen LogP contribution in [0.3, 0.4) is 0 Å². The quantitative estimate of drug-likeness (QED) is 0.617. The minimum atomic E-state index is 0.0494. The standard InChI is InChI=1S/C11H14N2OS/c1-8-2-3-11(14-8)10(13-12)6-9-4-5-15-7-9/h2-5,7,10,13H,6,12H2,1H3. The Morgan fingerprint density at radius 1 is 1.47 bits per heavy atom. The Labute approximate surface area is 92.9 Å². The Hall–Kier alpha value is -1.10. The molecule has 0 spiro atoms. The first-order chi connectivity index (χ1) is 7.29. The molecule has 80 valence electrons. The van der Waals surface area contributed by atoms with E-state index in [2.05, 4.69) is 22.3 Å². The van der Waals surface area contributed by atoms with E-state index in [0.717, 1.165) is 17.9 Å². The molecule has 0 aromatic carbocycles. The first-order valence-corrected chi connectivity index (χ1v) is 5.77. The van der Waals surface area contributed by atoms with Gasteiger partial charge in [0.05, 0.1) is 6.04 Å². The number of nitrogens with one attached hydrogen (secondary N) is 1. The molecule has 0 radical (unpaired) electrons. The van der Waals surface area contributed by atoms with E-state index in [9.17, 15) is 0 Å². The van der Waals surface area contributed by atoms with Crippen molar-refractivity contribution >= 4 is 11.3 Å². The smallest absolute Gasteiger partial charge is 0.122 e. The molecule has 0 aliphatic carbocycles. The van der Waals surface area contributed by atoms with Crippen LogP contribution in [-0.2, 0) is 6.42 Å². The van der Waals surface area contributed by atoms with Crippen molar-refractivity contribution in [2.24, 2.45) is 5.84 Å². The van der Waals surface area contributed by atoms with Crippen LogP contribution in [0.25, 0.3) is 0 Å². The molecule has 2 rings (SSSR count). The summed E-state index contributed by atoms with van der Waals surface area (Å²) in [5.74, 6) is 7.33. The van der Waals surface area contributed by atoms with Crippen LogP contribution < -0.4 is 11.3 Å². The van der Waals surface area contributed by atoms with Gasteiger partial charge < -0.3 is 4.42 Å². The fourth-order valence-corrected chi connectivity index (χ4v) is 2.21. The predicted octanol–water partition coefficient (Wildman–Crippen LogP) is 2.40. The maximum atomic E-state index is 5.55. The molecule has 1 unspecified atom stereocenters. The Bertz CT molecular complexity index is 408. The van der Waals surface area contributed by atoms with Gasteiger partial charge in [-0.1, -0.05) is 0 Å². The normalized spacial score (nSPS) is 12.9. The Balaban J connectivity index is 2.11. The largest absolute Gasteiger partial charge is 0.465 e. The summed E-state index contributed by atoms with van der Waals surface area (Å²) in [6.45, 7) is 1.93. The molecule has 0 fully saturated rings. The average molecular weight is 222 g/mol. The van der Waals surface area contributed by atoms with E-state index >= 15 is 0 Å². The zero-order valence-electron chi connectivity index (χ0n) is 8.57. The maximum absolute atomic E-state index is 5.55. The summed E-state index contributed by atoms with van der Waals surface area (Å²) in [5.41, 5.74) is 4.06. The summed E-state index contributed by atoms with van der Waals surface area (Å²) < 4.78 is 5.55. The Morgan fingerprint density at radius 3 is 2.87 bits per heavy atom. The van der Waals surface area contributed by atoms with E-state index in [4.69, 9.17) is 10.3 Å². The molecule has 0 saturated carbocycles. The number of rotatable bonds is 4. The third-order valence-corrected chi connectivity index (χ3v) is 3.06. The highest BCUT2D eigenvalue weighted by molar-refractivity contribution is 7.07. The summed E-state index contributed by atoms with van der Waals surface area (Å²) in [6.07, 6.45) is 0.854. The molecule has 2 heterocycles. The van der Waals surface area contributed by atoms with Gasteiger partial charge in [-0.25, -0.2) is 5.43 Å². The van der Waals surface area contributed by atoms with Crippen LogP contribution in [0.4, 0.5) is 0 Å². The SMILES string of the molecule is Cc1ccc(C(Cc2ccsc2)NN)o1. The number of furan rings is 1. The summed E-state index contributed by atoms with van der Waals surface area (Å²) in [6, 6.07) is 6.07. The van der Waals surface area contributed by atoms with Crippen LogP contribution in [0, 0.1) is 6.92 Å². The van der Waals surface area contributed by atoms with Gasteiger partial charge in [-0.15, -0.1) is 0 Å². The zero-order valence-corrected chi connectivity index (χ0v) is 9.38. The number of hydrazine groups is 1. The van der Waals surface area contributed by atoms with E-state index in [1.807, 2.05) is 19.1 Å². The van der Waals surface area contributed by atoms with Crippen LogP contribution in [0.5, 0.6) is 0 Å². The van der Waals surface area contributed by atoms with Gasteiger partial charge in [0.2, 0.25) is 0 Å². The average Bonchev–Trinajstić information content (AvgIpc) is 2.85. The zero-order chi connectivity index (χ0) is 10.7. The first-order valence-electron chi connectivity index (χ1n) is 4.83. The van der Waals surface area contributed by atoms with Crippen molar-refractivity contribution in [2.45, 2.75) is 19.4 Å². The van der Waals surface area contributed by atoms with Crippen LogP contribution >= 0.6 is 11.3 Å². The monoisotopic (exact) mass is 222 g/mol. The molecule has 2 aromatic heterocycles. The number of thiophene rings is 1. The predicted molar refractivity (Wildman–Crippen MR) is 61.5 cm³/mol. The molecule has 4 heteroatoms. The van der Waals surface area contributed by atoms with Gasteiger partial charge in [0.1, 0.15) is 11.5 Å². The van der Waals surface area contributed by atoms with Crippen molar-refractivity contribution in [3.05, 3.63) is 46.0 Å². The van der Waals surface area contributed by atoms with Crippen molar-refractivity contribution in [2.75, 3.05) is 0 Å². The van der Waals surface area contributed by atoms with E-state index < -0.39 is 0 Å². The highest BCUT2D eigenvalue weighted by Gasteiger charge is 2.14. The molecule has 0 saturated heterocycles. The highest BCUT2D eigenvalue weighted by Crippen LogP contribution is 2.21. The molecule has 0 aliphatic rings. The second-order valence-electron chi connectivity index (χ2n) is 3.50. The van der Waals surface area contributed by atoms with Crippen LogP contribution in [0.1, 0.15) is 23.1 Å². The van der Waals surface area contributed by atoms with Gasteiger partial charge in [-0.05, 0) is 47.9 Å². The summed E-state index contributed by atoms with van der Waals surface area (Å²) in [4.78, 5) is 0. The Kier molecular flexibility index (Phi) is 3.20. The molecular weight excluding hydrogens is 208 g/mol. The summed E-state index contributed by atoms with van der Waals surface area (Å²) in [5, 5.41) is 4.19. The van der Waals surface area contributed by atoms with Gasteiger partial charge in [0, 0.05) is 0 Å². The summed E-state index contributed by atoms with van der Waals surface area (Å²) >= 11 is 1.69. The molecule has 15 heavy (non-hydrogen) atoms. The molecule has 0 amide bonds. The van der Waals surface area contributed by atoms with Crippen LogP contribution in [0.2, 0.25) is 0 Å². The molecular formula is C11H14N2OS. The molecule has 3 N–H and O–H groups in total. The number of aryl methyl sites for hydroxylation is 1. The number of nitrogens with two attached hydrogens (primary N) is 1. The van der Waals surface area contributed by atoms with Crippen molar-refractivity contribution in [3.63, 3.8) is 0 Å². The Morgan fingerprint density at radius 2 is 2.33 bits per heavy atom. The van der Waals surface area contributed by atoms with E-state index in [1.54, 1.807) is 11.3 Å². The van der Waals surface area contributed by atoms with Crippen LogP contribution in [-0.4, -0.2) is 0 Å². The van der Waals surface area contributed by atoms with Gasteiger partial charge in [0.25, 0.3) is 0 Å². The lowest BCUT2D eigenvalue weighted by Gasteiger charge is -2.11. The maximum Gasteiger partial charge on any atom is 0.122 e. The number of hydrogen-bond donors (Lipinski definition) is 2. The van der Waals surface area contributed by atoms with Gasteiger partial charge in [-0.3, -0.25) is 5.84 Å². The minimum absolute atomic E-state index is 0.0494. The van der Waals surface area contributed by atoms with E-state index in [0.29, 0.717) is 0 Å². The molecule has 1 atom stereocenters. The highest BCUT2D eigenvalue weighted by atomic mass is 32.1. The van der Waals surface area contributed by atoms with E-state index in [-0.39, 0.29) is 6.04 Å². The second-order valence-corrected chi connectivity index (χ2v) is 4.28. The van der Waals surface area contributed by atoms with Crippen molar-refractivity contribution < 1.29 is 4.42 Å². The topological polar surface area (TPSA) is 51.2 Å². The fraction of sp³-hybridized carbons (Fsp3) is 0.273. The van der Waals surface area contributed by atoms with Crippen molar-refractivity contribution in [1.29, 1.82) is 0 Å². The first kappa shape index (κ1) is 10.4. The van der Waals surface area contributed by atoms with Crippen molar-refractivity contribution in [3.8, 4) is 0 Å².